The molecule has 6 heteroatoms. The van der Waals surface area contributed by atoms with Gasteiger partial charge in [-0.05, 0) is 36.8 Å². The fourth-order valence-electron chi connectivity index (χ4n) is 3.05. The van der Waals surface area contributed by atoms with Crippen molar-refractivity contribution in [3.63, 3.8) is 0 Å². The van der Waals surface area contributed by atoms with Crippen molar-refractivity contribution >= 4 is 36.3 Å². The maximum atomic E-state index is 12.2. The van der Waals surface area contributed by atoms with Crippen molar-refractivity contribution in [3.05, 3.63) is 65.9 Å². The Hall–Kier alpha value is -2.27. The molecule has 3 aliphatic rings. The lowest BCUT2D eigenvalue weighted by Gasteiger charge is -2.12. The lowest BCUT2D eigenvalue weighted by Crippen LogP contribution is -2.41. The monoisotopic (exact) mass is 353 g/mol. The molecule has 1 aliphatic carbocycles. The Morgan fingerprint density at radius 3 is 2.72 bits per heavy atom. The van der Waals surface area contributed by atoms with Gasteiger partial charge in [0.1, 0.15) is 0 Å². The maximum Gasteiger partial charge on any atom is 0.312 e. The highest BCUT2D eigenvalue weighted by Crippen LogP contribution is 2.32. The van der Waals surface area contributed by atoms with E-state index in [9.17, 15) is 4.79 Å². The highest BCUT2D eigenvalue weighted by Gasteiger charge is 2.28. The summed E-state index contributed by atoms with van der Waals surface area (Å²) in [6.07, 6.45) is 10.9. The van der Waals surface area contributed by atoms with Gasteiger partial charge in [-0.25, -0.2) is 0 Å². The first-order valence-corrected chi connectivity index (χ1v) is 8.51. The average molecular weight is 354 g/mol. The molecule has 0 radical (unpaired) electrons. The molecule has 0 saturated heterocycles. The van der Waals surface area contributed by atoms with E-state index in [4.69, 9.17) is 0 Å². The van der Waals surface area contributed by atoms with E-state index in [0.29, 0.717) is 18.9 Å². The molecule has 2 aliphatic heterocycles. The molecule has 0 bridgehead atoms. The zero-order chi connectivity index (χ0) is 16.4. The molecule has 1 amide bonds. The summed E-state index contributed by atoms with van der Waals surface area (Å²) < 4.78 is 0. The summed E-state index contributed by atoms with van der Waals surface area (Å²) in [4.78, 5) is 16.7. The third-order valence-electron chi connectivity index (χ3n) is 4.54. The number of aliphatic imine (C=N–C) groups is 1. The Kier molecular flexibility index (Phi) is 5.44. The van der Waals surface area contributed by atoms with Crippen LogP contribution < -0.4 is 16.0 Å². The van der Waals surface area contributed by atoms with Crippen molar-refractivity contribution in [1.29, 1.82) is 0 Å². The van der Waals surface area contributed by atoms with E-state index in [0.717, 1.165) is 17.0 Å². The summed E-state index contributed by atoms with van der Waals surface area (Å²) in [7, 11) is 0. The first-order chi connectivity index (χ1) is 11.8. The van der Waals surface area contributed by atoms with Gasteiger partial charge in [-0.2, -0.15) is 0 Å². The fraction of sp³-hybridized carbons (Fsp3) is 0.263. The second-order valence-electron chi connectivity index (χ2n) is 6.54. The summed E-state index contributed by atoms with van der Waals surface area (Å²) >= 11 is 0. The molecule has 4 rings (SSSR count). The largest absolute Gasteiger partial charge is 0.427 e. The zero-order valence-corrected chi connectivity index (χ0v) is 14.8. The van der Waals surface area contributed by atoms with Crippen LogP contribution in [0.2, 0.25) is 0 Å². The summed E-state index contributed by atoms with van der Waals surface area (Å²) in [5.41, 5.74) is 4.31. The Labute approximate surface area is 154 Å². The SMILES string of the molecule is Cl.O=C(Cc1ccc(B2C=CC=CN2)cc1)NC1=CC(C2CC2)=NC1. The highest BCUT2D eigenvalue weighted by molar-refractivity contribution is 6.76. The number of halogens is 1. The van der Waals surface area contributed by atoms with E-state index in [1.54, 1.807) is 0 Å². The number of nitrogens with zero attached hydrogens (tertiary/aromatic N) is 1. The third kappa shape index (κ3) is 4.43. The average Bonchev–Trinajstić information content (AvgIpc) is 3.36. The van der Waals surface area contributed by atoms with Gasteiger partial charge in [0.25, 0.3) is 0 Å². The molecule has 0 spiro atoms. The van der Waals surface area contributed by atoms with Crippen LogP contribution in [-0.4, -0.2) is 25.0 Å². The molecule has 1 fully saturated rings. The zero-order valence-electron chi connectivity index (χ0n) is 13.9. The Balaban J connectivity index is 0.00000182. The first kappa shape index (κ1) is 17.6. The van der Waals surface area contributed by atoms with E-state index in [-0.39, 0.29) is 25.2 Å². The van der Waals surface area contributed by atoms with Gasteiger partial charge in [0.2, 0.25) is 5.91 Å². The number of hydrogen-bond acceptors (Lipinski definition) is 3. The van der Waals surface area contributed by atoms with Gasteiger partial charge in [0.05, 0.1) is 13.0 Å². The van der Waals surface area contributed by atoms with Gasteiger partial charge in [-0.1, -0.05) is 41.8 Å². The van der Waals surface area contributed by atoms with E-state index in [1.807, 2.05) is 36.6 Å². The molecule has 1 saturated carbocycles. The van der Waals surface area contributed by atoms with Crippen molar-refractivity contribution in [2.75, 3.05) is 6.54 Å². The van der Waals surface area contributed by atoms with Gasteiger partial charge >= 0.3 is 6.85 Å². The van der Waals surface area contributed by atoms with Crippen LogP contribution in [0.15, 0.2) is 65.4 Å². The normalized spacial score (nSPS) is 18.2. The summed E-state index contributed by atoms with van der Waals surface area (Å²) in [5.74, 6) is 2.79. The van der Waals surface area contributed by atoms with Gasteiger partial charge in [0, 0.05) is 17.3 Å². The van der Waals surface area contributed by atoms with Crippen LogP contribution in [0.4, 0.5) is 0 Å². The molecule has 4 nitrogen and oxygen atoms in total. The van der Waals surface area contributed by atoms with Crippen LogP contribution in [0.1, 0.15) is 18.4 Å². The number of carbonyl (C=O) groups is 1. The van der Waals surface area contributed by atoms with Crippen LogP contribution in [0.5, 0.6) is 0 Å². The molecular weight excluding hydrogens is 332 g/mol. The third-order valence-corrected chi connectivity index (χ3v) is 4.54. The van der Waals surface area contributed by atoms with Gasteiger partial charge in [-0.15, -0.1) is 12.4 Å². The van der Waals surface area contributed by atoms with Crippen LogP contribution >= 0.6 is 12.4 Å². The van der Waals surface area contributed by atoms with Crippen LogP contribution in [0, 0.1) is 5.92 Å². The molecule has 1 aromatic carbocycles. The molecule has 0 unspecified atom stereocenters. The second-order valence-corrected chi connectivity index (χ2v) is 6.54. The Morgan fingerprint density at radius 2 is 2.04 bits per heavy atom. The number of hydrogen-bond donors (Lipinski definition) is 2. The number of rotatable bonds is 5. The van der Waals surface area contributed by atoms with Crippen LogP contribution in [-0.2, 0) is 11.2 Å². The molecular formula is C19H21BClN3O. The lowest BCUT2D eigenvalue weighted by molar-refractivity contribution is -0.119. The predicted molar refractivity (Wildman–Crippen MR) is 105 cm³/mol. The van der Waals surface area contributed by atoms with Crippen molar-refractivity contribution in [2.45, 2.75) is 19.3 Å². The topological polar surface area (TPSA) is 53.5 Å². The van der Waals surface area contributed by atoms with Crippen molar-refractivity contribution in [1.82, 2.24) is 10.5 Å². The Bertz CT molecular complexity index is 763. The predicted octanol–water partition coefficient (Wildman–Crippen LogP) is 1.93. The number of allylic oxidation sites excluding steroid dienone is 3. The van der Waals surface area contributed by atoms with Gasteiger partial charge in [0.15, 0.2) is 0 Å². The minimum Gasteiger partial charge on any atom is -0.427 e. The fourth-order valence-corrected chi connectivity index (χ4v) is 3.05. The van der Waals surface area contributed by atoms with Crippen molar-refractivity contribution in [2.24, 2.45) is 10.9 Å². The molecule has 0 atom stereocenters. The van der Waals surface area contributed by atoms with Crippen molar-refractivity contribution in [3.8, 4) is 0 Å². The number of carbonyl (C=O) groups excluding carboxylic acids is 1. The molecule has 1 aromatic rings. The number of benzene rings is 1. The quantitative estimate of drug-likeness (QED) is 0.795. The van der Waals surface area contributed by atoms with E-state index >= 15 is 0 Å². The molecule has 25 heavy (non-hydrogen) atoms. The van der Waals surface area contributed by atoms with Crippen LogP contribution in [0.25, 0.3) is 0 Å². The molecule has 0 aromatic heterocycles. The number of amides is 1. The summed E-state index contributed by atoms with van der Waals surface area (Å²) in [6, 6.07) is 8.20. The minimum absolute atomic E-state index is 0. The van der Waals surface area contributed by atoms with E-state index in [1.165, 1.54) is 18.3 Å². The Morgan fingerprint density at radius 1 is 1.24 bits per heavy atom. The van der Waals surface area contributed by atoms with Gasteiger partial charge in [-0.3, -0.25) is 9.79 Å². The second kappa shape index (κ2) is 7.75. The smallest absolute Gasteiger partial charge is 0.312 e. The van der Waals surface area contributed by atoms with Gasteiger partial charge < -0.3 is 10.5 Å². The maximum absolute atomic E-state index is 12.2. The minimum atomic E-state index is 0. The summed E-state index contributed by atoms with van der Waals surface area (Å²) in [5, 5.41) is 6.29. The lowest BCUT2D eigenvalue weighted by atomic mass is 9.55. The standard InChI is InChI=1S/C19H20BN3O.ClH/c24-19(23-17-12-18(21-13-17)15-5-6-15)11-14-3-7-16(8-4-14)20-9-1-2-10-22-20;/h1-4,7-10,12,15,22H,5-6,11,13H2,(H,23,24);1H. The van der Waals surface area contributed by atoms with Crippen molar-refractivity contribution < 1.29 is 4.79 Å². The van der Waals surface area contributed by atoms with E-state index < -0.39 is 0 Å². The molecule has 128 valence electrons. The molecule has 2 N–H and O–H groups in total. The molecule has 2 heterocycles. The summed E-state index contributed by atoms with van der Waals surface area (Å²) in [6.45, 7) is 0.823. The van der Waals surface area contributed by atoms with E-state index in [2.05, 4.69) is 33.6 Å². The van der Waals surface area contributed by atoms with Crippen LogP contribution in [0.3, 0.4) is 0 Å². The number of nitrogens with one attached hydrogen (secondary N) is 2. The highest BCUT2D eigenvalue weighted by atomic mass is 35.5. The first-order valence-electron chi connectivity index (χ1n) is 8.51.